The molecular weight excluding hydrogens is 224 g/mol. The number of hydrogen-bond donors (Lipinski definition) is 1. The van der Waals surface area contributed by atoms with E-state index in [9.17, 15) is 0 Å². The number of rotatable bonds is 8. The zero-order valence-electron chi connectivity index (χ0n) is 11.1. The second-order valence-corrected chi connectivity index (χ2v) is 4.18. The second-order valence-electron chi connectivity index (χ2n) is 4.18. The van der Waals surface area contributed by atoms with E-state index < -0.39 is 0 Å². The van der Waals surface area contributed by atoms with Crippen LogP contribution in [-0.4, -0.2) is 31.1 Å². The van der Waals surface area contributed by atoms with Crippen LogP contribution in [0.1, 0.15) is 18.9 Å². The molecule has 1 aromatic rings. The minimum absolute atomic E-state index is 0.562. The first kappa shape index (κ1) is 14.6. The molecule has 0 radical (unpaired) electrons. The Morgan fingerprint density at radius 3 is 2.56 bits per heavy atom. The lowest BCUT2D eigenvalue weighted by atomic mass is 10.2. The maximum atomic E-state index is 5.68. The fraction of sp³-hybridized carbons (Fsp3) is 0.467. The van der Waals surface area contributed by atoms with E-state index >= 15 is 0 Å². The van der Waals surface area contributed by atoms with Crippen molar-refractivity contribution < 1.29 is 4.74 Å². The molecule has 1 aromatic carbocycles. The lowest BCUT2D eigenvalue weighted by Crippen LogP contribution is -2.29. The number of hydrogen-bond acceptors (Lipinski definition) is 3. The zero-order chi connectivity index (χ0) is 13.2. The molecule has 0 bridgehead atoms. The molecule has 18 heavy (non-hydrogen) atoms. The molecule has 2 N–H and O–H groups in total. The Labute approximate surface area is 110 Å². The average molecular weight is 246 g/mol. The second kappa shape index (κ2) is 8.57. The predicted octanol–water partition coefficient (Wildman–Crippen LogP) is 1.87. The van der Waals surface area contributed by atoms with Crippen LogP contribution in [-0.2, 0) is 6.54 Å². The van der Waals surface area contributed by atoms with Crippen LogP contribution in [0.15, 0.2) is 24.3 Å². The number of nitrogens with zero attached hydrogens (tertiary/aromatic N) is 1. The highest BCUT2D eigenvalue weighted by molar-refractivity contribution is 5.27. The number of benzene rings is 1. The SMILES string of the molecule is C#CCN(CCC)CCOc1ccc(CN)cc1. The molecule has 0 spiro atoms. The molecule has 0 aromatic heterocycles. The summed E-state index contributed by atoms with van der Waals surface area (Å²) in [5, 5.41) is 0. The Kier molecular flexibility index (Phi) is 6.93. The Morgan fingerprint density at radius 1 is 1.28 bits per heavy atom. The third-order valence-electron chi connectivity index (χ3n) is 2.69. The molecule has 0 fully saturated rings. The summed E-state index contributed by atoms with van der Waals surface area (Å²) in [6, 6.07) is 7.88. The van der Waals surface area contributed by atoms with E-state index in [4.69, 9.17) is 16.9 Å². The van der Waals surface area contributed by atoms with Crippen molar-refractivity contribution in [3.63, 3.8) is 0 Å². The first-order valence-corrected chi connectivity index (χ1v) is 6.37. The van der Waals surface area contributed by atoms with Crippen LogP contribution in [0.2, 0.25) is 0 Å². The van der Waals surface area contributed by atoms with Crippen molar-refractivity contribution in [3.05, 3.63) is 29.8 Å². The normalized spacial score (nSPS) is 10.3. The molecular formula is C15H22N2O. The molecule has 0 unspecified atom stereocenters. The van der Waals surface area contributed by atoms with Gasteiger partial charge in [0.2, 0.25) is 0 Å². The Morgan fingerprint density at radius 2 is 2.00 bits per heavy atom. The van der Waals surface area contributed by atoms with Crippen LogP contribution < -0.4 is 10.5 Å². The molecule has 0 amide bonds. The van der Waals surface area contributed by atoms with E-state index in [1.54, 1.807) is 0 Å². The van der Waals surface area contributed by atoms with E-state index in [0.29, 0.717) is 19.7 Å². The van der Waals surface area contributed by atoms with Gasteiger partial charge in [0, 0.05) is 13.1 Å². The maximum Gasteiger partial charge on any atom is 0.119 e. The summed E-state index contributed by atoms with van der Waals surface area (Å²) in [4.78, 5) is 2.22. The predicted molar refractivity (Wildman–Crippen MR) is 75.4 cm³/mol. The lowest BCUT2D eigenvalue weighted by Gasteiger charge is -2.18. The fourth-order valence-electron chi connectivity index (χ4n) is 1.73. The highest BCUT2D eigenvalue weighted by Crippen LogP contribution is 2.11. The zero-order valence-corrected chi connectivity index (χ0v) is 11.1. The van der Waals surface area contributed by atoms with Gasteiger partial charge >= 0.3 is 0 Å². The molecule has 0 aliphatic rings. The quantitative estimate of drug-likeness (QED) is 0.712. The lowest BCUT2D eigenvalue weighted by molar-refractivity contribution is 0.225. The van der Waals surface area contributed by atoms with Crippen molar-refractivity contribution in [3.8, 4) is 18.1 Å². The third-order valence-corrected chi connectivity index (χ3v) is 2.69. The minimum atomic E-state index is 0.562. The molecule has 0 atom stereocenters. The van der Waals surface area contributed by atoms with Crippen LogP contribution in [0, 0.1) is 12.3 Å². The molecule has 0 heterocycles. The Bertz CT molecular complexity index is 367. The van der Waals surface area contributed by atoms with Gasteiger partial charge < -0.3 is 10.5 Å². The Hall–Kier alpha value is -1.50. The molecule has 3 nitrogen and oxygen atoms in total. The van der Waals surface area contributed by atoms with Gasteiger partial charge in [0.25, 0.3) is 0 Å². The van der Waals surface area contributed by atoms with Crippen LogP contribution in [0.3, 0.4) is 0 Å². The van der Waals surface area contributed by atoms with Gasteiger partial charge in [0.15, 0.2) is 0 Å². The summed E-state index contributed by atoms with van der Waals surface area (Å²) in [5.74, 6) is 3.55. The molecule has 3 heteroatoms. The van der Waals surface area contributed by atoms with Gasteiger partial charge in [0.05, 0.1) is 6.54 Å². The van der Waals surface area contributed by atoms with Gasteiger partial charge in [-0.05, 0) is 30.7 Å². The molecule has 0 saturated heterocycles. The molecule has 1 rings (SSSR count). The molecule has 0 saturated carbocycles. The van der Waals surface area contributed by atoms with Crippen LogP contribution >= 0.6 is 0 Å². The monoisotopic (exact) mass is 246 g/mol. The summed E-state index contributed by atoms with van der Waals surface area (Å²) in [6.45, 7) is 5.92. The standard InChI is InChI=1S/C15H22N2O/c1-3-9-17(10-4-2)11-12-18-15-7-5-14(13-16)6-8-15/h1,5-8H,4,9-13,16H2,2H3. The maximum absolute atomic E-state index is 5.68. The van der Waals surface area contributed by atoms with Crippen LogP contribution in [0.5, 0.6) is 5.75 Å². The van der Waals surface area contributed by atoms with Gasteiger partial charge in [-0.15, -0.1) is 6.42 Å². The number of nitrogens with two attached hydrogens (primary N) is 1. The highest BCUT2D eigenvalue weighted by atomic mass is 16.5. The molecule has 0 aliphatic carbocycles. The Balaban J connectivity index is 2.33. The van der Waals surface area contributed by atoms with Gasteiger partial charge in [-0.2, -0.15) is 0 Å². The summed E-state index contributed by atoms with van der Waals surface area (Å²) < 4.78 is 5.68. The van der Waals surface area contributed by atoms with E-state index in [0.717, 1.165) is 30.8 Å². The van der Waals surface area contributed by atoms with Gasteiger partial charge in [0.1, 0.15) is 12.4 Å². The van der Waals surface area contributed by atoms with Crippen molar-refractivity contribution in [2.45, 2.75) is 19.9 Å². The number of ether oxygens (including phenoxy) is 1. The van der Waals surface area contributed by atoms with E-state index in [-0.39, 0.29) is 0 Å². The van der Waals surface area contributed by atoms with Gasteiger partial charge in [-0.25, -0.2) is 0 Å². The summed E-state index contributed by atoms with van der Waals surface area (Å²) in [7, 11) is 0. The minimum Gasteiger partial charge on any atom is -0.492 e. The summed E-state index contributed by atoms with van der Waals surface area (Å²) in [6.07, 6.45) is 6.43. The first-order valence-electron chi connectivity index (χ1n) is 6.37. The van der Waals surface area contributed by atoms with Crippen molar-refractivity contribution >= 4 is 0 Å². The summed E-state index contributed by atoms with van der Waals surface area (Å²) in [5.41, 5.74) is 6.65. The van der Waals surface area contributed by atoms with Crippen LogP contribution in [0.25, 0.3) is 0 Å². The average Bonchev–Trinajstić information content (AvgIpc) is 2.40. The van der Waals surface area contributed by atoms with E-state index in [2.05, 4.69) is 17.7 Å². The van der Waals surface area contributed by atoms with Crippen molar-refractivity contribution in [2.75, 3.05) is 26.2 Å². The smallest absolute Gasteiger partial charge is 0.119 e. The topological polar surface area (TPSA) is 38.5 Å². The first-order chi connectivity index (χ1) is 8.80. The van der Waals surface area contributed by atoms with Crippen molar-refractivity contribution in [1.29, 1.82) is 0 Å². The van der Waals surface area contributed by atoms with E-state index in [1.165, 1.54) is 0 Å². The van der Waals surface area contributed by atoms with Crippen molar-refractivity contribution in [1.82, 2.24) is 4.90 Å². The molecule has 98 valence electrons. The fourth-order valence-corrected chi connectivity index (χ4v) is 1.73. The van der Waals surface area contributed by atoms with Crippen molar-refractivity contribution in [2.24, 2.45) is 5.73 Å². The third kappa shape index (κ3) is 5.22. The van der Waals surface area contributed by atoms with Gasteiger partial charge in [-0.1, -0.05) is 25.0 Å². The van der Waals surface area contributed by atoms with Gasteiger partial charge in [-0.3, -0.25) is 4.90 Å². The number of terminal acetylenes is 1. The highest BCUT2D eigenvalue weighted by Gasteiger charge is 2.02. The van der Waals surface area contributed by atoms with E-state index in [1.807, 2.05) is 24.3 Å². The molecule has 0 aliphatic heterocycles. The summed E-state index contributed by atoms with van der Waals surface area (Å²) >= 11 is 0. The van der Waals surface area contributed by atoms with Crippen LogP contribution in [0.4, 0.5) is 0 Å². The largest absolute Gasteiger partial charge is 0.492 e.